The van der Waals surface area contributed by atoms with E-state index in [-0.39, 0.29) is 17.7 Å². The van der Waals surface area contributed by atoms with Crippen molar-refractivity contribution in [2.75, 3.05) is 0 Å². The molecule has 0 aliphatic carbocycles. The number of carbonyl (C=O) groups excluding carboxylic acids is 1. The third-order valence-electron chi connectivity index (χ3n) is 3.99. The first-order valence-corrected chi connectivity index (χ1v) is 7.80. The van der Waals surface area contributed by atoms with E-state index in [1.165, 1.54) is 12.3 Å². The van der Waals surface area contributed by atoms with Crippen molar-refractivity contribution < 1.29 is 19.4 Å². The molecule has 0 saturated carbocycles. The minimum absolute atomic E-state index is 0.0186. The summed E-state index contributed by atoms with van der Waals surface area (Å²) in [4.78, 5) is 26.8. The standard InChI is InChI=1S/C18H18N2O4/c21-17(20-11-12-6-7-14(18(22)23)19-10-12)16-9-8-15(24-16)13-4-2-1-3-5-13/h1-7,10,15-16H,8-9,11H2,(H,20,21)(H,22,23)/t15-,16+/m1/s1. The minimum Gasteiger partial charge on any atom is -0.477 e. The predicted molar refractivity (Wildman–Crippen MR) is 86.3 cm³/mol. The highest BCUT2D eigenvalue weighted by molar-refractivity contribution is 5.85. The van der Waals surface area contributed by atoms with E-state index in [1.54, 1.807) is 6.07 Å². The molecule has 1 saturated heterocycles. The average Bonchev–Trinajstić information content (AvgIpc) is 3.11. The van der Waals surface area contributed by atoms with Crippen LogP contribution < -0.4 is 5.32 Å². The van der Waals surface area contributed by atoms with Crippen LogP contribution in [0.4, 0.5) is 0 Å². The molecule has 2 heterocycles. The smallest absolute Gasteiger partial charge is 0.354 e. The molecule has 2 aromatic rings. The molecule has 1 amide bonds. The number of nitrogens with zero attached hydrogens (tertiary/aromatic N) is 1. The van der Waals surface area contributed by atoms with E-state index in [0.717, 1.165) is 17.5 Å². The highest BCUT2D eigenvalue weighted by Crippen LogP contribution is 2.32. The molecule has 24 heavy (non-hydrogen) atoms. The van der Waals surface area contributed by atoms with Gasteiger partial charge in [0.2, 0.25) is 5.91 Å². The Labute approximate surface area is 139 Å². The molecule has 1 aromatic heterocycles. The van der Waals surface area contributed by atoms with Crippen molar-refractivity contribution in [3.63, 3.8) is 0 Å². The second-order valence-corrected chi connectivity index (χ2v) is 5.68. The van der Waals surface area contributed by atoms with E-state index in [4.69, 9.17) is 9.84 Å². The van der Waals surface area contributed by atoms with E-state index in [2.05, 4.69) is 10.3 Å². The maximum atomic E-state index is 12.2. The summed E-state index contributed by atoms with van der Waals surface area (Å²) >= 11 is 0. The minimum atomic E-state index is -1.07. The van der Waals surface area contributed by atoms with Crippen molar-refractivity contribution in [1.82, 2.24) is 10.3 Å². The molecular weight excluding hydrogens is 308 g/mol. The molecule has 1 aliphatic rings. The van der Waals surface area contributed by atoms with Crippen molar-refractivity contribution >= 4 is 11.9 Å². The molecular formula is C18H18N2O4. The Morgan fingerprint density at radius 3 is 2.62 bits per heavy atom. The van der Waals surface area contributed by atoms with E-state index in [9.17, 15) is 9.59 Å². The Morgan fingerprint density at radius 1 is 1.17 bits per heavy atom. The van der Waals surface area contributed by atoms with Crippen LogP contribution in [0.2, 0.25) is 0 Å². The molecule has 124 valence electrons. The number of benzene rings is 1. The lowest BCUT2D eigenvalue weighted by Gasteiger charge is -2.14. The van der Waals surface area contributed by atoms with Gasteiger partial charge in [-0.25, -0.2) is 9.78 Å². The van der Waals surface area contributed by atoms with Crippen LogP contribution >= 0.6 is 0 Å². The van der Waals surface area contributed by atoms with Crippen LogP contribution in [0.15, 0.2) is 48.7 Å². The van der Waals surface area contributed by atoms with Crippen molar-refractivity contribution in [1.29, 1.82) is 0 Å². The summed E-state index contributed by atoms with van der Waals surface area (Å²) in [5, 5.41) is 11.6. The number of carbonyl (C=O) groups is 2. The molecule has 0 spiro atoms. The SMILES string of the molecule is O=C(O)c1ccc(CNC(=O)[C@@H]2CC[C@H](c3ccccc3)O2)cn1. The molecule has 6 nitrogen and oxygen atoms in total. The lowest BCUT2D eigenvalue weighted by atomic mass is 10.1. The first kappa shape index (κ1) is 16.1. The number of carboxylic acid groups (broad SMARTS) is 1. The molecule has 2 atom stereocenters. The van der Waals surface area contributed by atoms with E-state index < -0.39 is 12.1 Å². The number of hydrogen-bond acceptors (Lipinski definition) is 4. The second-order valence-electron chi connectivity index (χ2n) is 5.68. The lowest BCUT2D eigenvalue weighted by molar-refractivity contribution is -0.132. The third-order valence-corrected chi connectivity index (χ3v) is 3.99. The number of aromatic nitrogens is 1. The average molecular weight is 326 g/mol. The molecule has 1 fully saturated rings. The highest BCUT2D eigenvalue weighted by Gasteiger charge is 2.31. The van der Waals surface area contributed by atoms with E-state index in [0.29, 0.717) is 13.0 Å². The normalized spacial score (nSPS) is 19.8. The number of aromatic carboxylic acids is 1. The molecule has 0 radical (unpaired) electrons. The molecule has 1 aliphatic heterocycles. The van der Waals surface area contributed by atoms with Gasteiger partial charge in [-0.3, -0.25) is 4.79 Å². The Balaban J connectivity index is 1.51. The van der Waals surface area contributed by atoms with Gasteiger partial charge >= 0.3 is 5.97 Å². The molecule has 0 unspecified atom stereocenters. The summed E-state index contributed by atoms with van der Waals surface area (Å²) in [5.41, 5.74) is 1.81. The summed E-state index contributed by atoms with van der Waals surface area (Å²) in [7, 11) is 0. The van der Waals surface area contributed by atoms with Crippen molar-refractivity contribution in [2.45, 2.75) is 31.6 Å². The van der Waals surface area contributed by atoms with Gasteiger partial charge in [-0.1, -0.05) is 36.4 Å². The Bertz CT molecular complexity index is 716. The number of nitrogens with one attached hydrogen (secondary N) is 1. The van der Waals surface area contributed by atoms with Gasteiger partial charge in [-0.15, -0.1) is 0 Å². The molecule has 0 bridgehead atoms. The topological polar surface area (TPSA) is 88.5 Å². The number of carboxylic acids is 1. The highest BCUT2D eigenvalue weighted by atomic mass is 16.5. The van der Waals surface area contributed by atoms with E-state index in [1.807, 2.05) is 30.3 Å². The maximum Gasteiger partial charge on any atom is 0.354 e. The molecule has 2 N–H and O–H groups in total. The van der Waals surface area contributed by atoms with Gasteiger partial charge in [0.15, 0.2) is 0 Å². The summed E-state index contributed by atoms with van der Waals surface area (Å²) in [6.45, 7) is 0.293. The first-order chi connectivity index (χ1) is 11.6. The molecule has 1 aromatic carbocycles. The predicted octanol–water partition coefficient (Wildman–Crippen LogP) is 2.32. The fourth-order valence-electron chi connectivity index (χ4n) is 2.70. The maximum absolute atomic E-state index is 12.2. The van der Waals surface area contributed by atoms with Crippen LogP contribution in [0, 0.1) is 0 Å². The van der Waals surface area contributed by atoms with Gasteiger partial charge in [0, 0.05) is 12.7 Å². The zero-order valence-corrected chi connectivity index (χ0v) is 13.0. The number of pyridine rings is 1. The van der Waals surface area contributed by atoms with Crippen LogP contribution in [0.25, 0.3) is 0 Å². The van der Waals surface area contributed by atoms with Gasteiger partial charge in [-0.05, 0) is 30.0 Å². The van der Waals surface area contributed by atoms with Gasteiger partial charge < -0.3 is 15.2 Å². The number of rotatable bonds is 5. The number of ether oxygens (including phenoxy) is 1. The number of hydrogen-bond donors (Lipinski definition) is 2. The summed E-state index contributed by atoms with van der Waals surface area (Å²) in [5.74, 6) is -1.23. The van der Waals surface area contributed by atoms with Gasteiger partial charge in [-0.2, -0.15) is 0 Å². The van der Waals surface area contributed by atoms with Crippen LogP contribution in [0.5, 0.6) is 0 Å². The third kappa shape index (κ3) is 3.78. The van der Waals surface area contributed by atoms with Crippen LogP contribution in [0.1, 0.15) is 40.6 Å². The summed E-state index contributed by atoms with van der Waals surface area (Å²) in [6.07, 6.45) is 2.45. The fourth-order valence-corrected chi connectivity index (χ4v) is 2.70. The fraction of sp³-hybridized carbons (Fsp3) is 0.278. The van der Waals surface area contributed by atoms with E-state index >= 15 is 0 Å². The van der Waals surface area contributed by atoms with Crippen molar-refractivity contribution in [3.8, 4) is 0 Å². The Kier molecular flexibility index (Phi) is 4.86. The summed E-state index contributed by atoms with van der Waals surface area (Å²) in [6, 6.07) is 12.9. The quantitative estimate of drug-likeness (QED) is 0.880. The zero-order chi connectivity index (χ0) is 16.9. The molecule has 3 rings (SSSR count). The molecule has 6 heteroatoms. The van der Waals surface area contributed by atoms with Crippen molar-refractivity contribution in [3.05, 3.63) is 65.5 Å². The summed E-state index contributed by atoms with van der Waals surface area (Å²) < 4.78 is 5.84. The largest absolute Gasteiger partial charge is 0.477 e. The van der Waals surface area contributed by atoms with Gasteiger partial charge in [0.1, 0.15) is 11.8 Å². The monoisotopic (exact) mass is 326 g/mol. The Morgan fingerprint density at radius 2 is 1.96 bits per heavy atom. The van der Waals surface area contributed by atoms with Crippen LogP contribution in [0.3, 0.4) is 0 Å². The van der Waals surface area contributed by atoms with Gasteiger partial charge in [0.05, 0.1) is 6.10 Å². The van der Waals surface area contributed by atoms with Crippen molar-refractivity contribution in [2.24, 2.45) is 0 Å². The lowest BCUT2D eigenvalue weighted by Crippen LogP contribution is -2.33. The second kappa shape index (κ2) is 7.23. The number of amides is 1. The van der Waals surface area contributed by atoms with Crippen LogP contribution in [-0.2, 0) is 16.1 Å². The Hall–Kier alpha value is -2.73. The van der Waals surface area contributed by atoms with Crippen LogP contribution in [-0.4, -0.2) is 28.1 Å². The van der Waals surface area contributed by atoms with Gasteiger partial charge in [0.25, 0.3) is 0 Å². The first-order valence-electron chi connectivity index (χ1n) is 7.80. The zero-order valence-electron chi connectivity index (χ0n) is 13.0.